The van der Waals surface area contributed by atoms with Gasteiger partial charge in [0.05, 0.1) is 5.25 Å². The highest BCUT2D eigenvalue weighted by molar-refractivity contribution is 8.00. The molecule has 0 saturated heterocycles. The summed E-state index contributed by atoms with van der Waals surface area (Å²) in [5.74, 6) is -1.63. The molecule has 0 aromatic heterocycles. The van der Waals surface area contributed by atoms with Crippen LogP contribution in [0.5, 0.6) is 0 Å². The molecule has 3 N–H and O–H groups in total. The van der Waals surface area contributed by atoms with Crippen LogP contribution in [0.3, 0.4) is 0 Å². The van der Waals surface area contributed by atoms with E-state index < -0.39 is 17.1 Å². The summed E-state index contributed by atoms with van der Waals surface area (Å²) in [6.07, 6.45) is 1.51. The molecule has 4 aromatic carbocycles. The molecule has 40 heavy (non-hydrogen) atoms. The van der Waals surface area contributed by atoms with Gasteiger partial charge in [-0.05, 0) is 79.2 Å². The van der Waals surface area contributed by atoms with Crippen LogP contribution in [-0.2, 0) is 9.59 Å². The number of nitrogens with one attached hydrogen (secondary N) is 3. The van der Waals surface area contributed by atoms with Crippen LogP contribution in [0, 0.1) is 5.82 Å². The third-order valence-electron chi connectivity index (χ3n) is 5.62. The molecule has 0 saturated carbocycles. The summed E-state index contributed by atoms with van der Waals surface area (Å²) in [5, 5.41) is 8.20. The Hall–Kier alpha value is -4.40. The number of benzene rings is 4. The quantitative estimate of drug-likeness (QED) is 0.148. The molecule has 0 heterocycles. The fourth-order valence-electron chi connectivity index (χ4n) is 3.57. The van der Waals surface area contributed by atoms with Crippen molar-refractivity contribution in [3.63, 3.8) is 0 Å². The summed E-state index contributed by atoms with van der Waals surface area (Å²) in [4.78, 5) is 39.5. The first-order valence-electron chi connectivity index (χ1n) is 12.3. The molecule has 0 fully saturated rings. The van der Waals surface area contributed by atoms with Crippen LogP contribution in [0.1, 0.15) is 22.8 Å². The number of halogens is 2. The highest BCUT2D eigenvalue weighted by atomic mass is 35.5. The Morgan fingerprint density at radius 1 is 0.825 bits per heavy atom. The first-order valence-corrected chi connectivity index (χ1v) is 13.5. The maximum atomic E-state index is 13.3. The second kappa shape index (κ2) is 13.6. The van der Waals surface area contributed by atoms with Gasteiger partial charge < -0.3 is 16.0 Å². The Morgan fingerprint density at radius 3 is 2.25 bits per heavy atom. The first-order chi connectivity index (χ1) is 19.3. The minimum Gasteiger partial charge on any atom is -0.325 e. The van der Waals surface area contributed by atoms with Crippen LogP contribution >= 0.6 is 23.4 Å². The van der Waals surface area contributed by atoms with Gasteiger partial charge in [-0.25, -0.2) is 4.39 Å². The highest BCUT2D eigenvalue weighted by Gasteiger charge is 2.18. The number of anilines is 2. The van der Waals surface area contributed by atoms with Gasteiger partial charge in [0.15, 0.2) is 0 Å². The fraction of sp³-hybridized carbons (Fsp3) is 0.0645. The number of carbonyl (C=O) groups is 3. The van der Waals surface area contributed by atoms with Crippen LogP contribution in [0.25, 0.3) is 6.08 Å². The zero-order chi connectivity index (χ0) is 28.5. The lowest BCUT2D eigenvalue weighted by molar-refractivity contribution is -0.115. The third kappa shape index (κ3) is 8.05. The Kier molecular flexibility index (Phi) is 9.72. The molecular formula is C31H25ClFN3O3S. The van der Waals surface area contributed by atoms with Gasteiger partial charge in [-0.2, -0.15) is 0 Å². The highest BCUT2D eigenvalue weighted by Crippen LogP contribution is 2.27. The van der Waals surface area contributed by atoms with Gasteiger partial charge in [-0.3, -0.25) is 14.4 Å². The second-order valence-corrected chi connectivity index (χ2v) is 10.5. The molecule has 0 spiro atoms. The van der Waals surface area contributed by atoms with Crippen molar-refractivity contribution in [3.8, 4) is 0 Å². The van der Waals surface area contributed by atoms with Gasteiger partial charge >= 0.3 is 0 Å². The van der Waals surface area contributed by atoms with Gasteiger partial charge in [0.2, 0.25) is 5.91 Å². The van der Waals surface area contributed by atoms with Gasteiger partial charge in [-0.1, -0.05) is 54.1 Å². The van der Waals surface area contributed by atoms with E-state index in [1.54, 1.807) is 79.7 Å². The van der Waals surface area contributed by atoms with E-state index in [0.717, 1.165) is 4.90 Å². The van der Waals surface area contributed by atoms with Crippen molar-refractivity contribution in [2.24, 2.45) is 0 Å². The largest absolute Gasteiger partial charge is 0.325 e. The van der Waals surface area contributed by atoms with Crippen LogP contribution in [0.2, 0.25) is 5.02 Å². The number of rotatable bonds is 9. The lowest BCUT2D eigenvalue weighted by Crippen LogP contribution is -2.30. The first kappa shape index (κ1) is 28.6. The van der Waals surface area contributed by atoms with E-state index in [1.807, 2.05) is 6.07 Å². The van der Waals surface area contributed by atoms with Crippen molar-refractivity contribution in [1.82, 2.24) is 5.32 Å². The Morgan fingerprint density at radius 2 is 1.52 bits per heavy atom. The van der Waals surface area contributed by atoms with Crippen LogP contribution < -0.4 is 16.0 Å². The molecule has 1 unspecified atom stereocenters. The van der Waals surface area contributed by atoms with Gasteiger partial charge in [0, 0.05) is 26.9 Å². The van der Waals surface area contributed by atoms with E-state index in [1.165, 1.54) is 42.1 Å². The minimum atomic E-state index is -0.548. The maximum Gasteiger partial charge on any atom is 0.272 e. The topological polar surface area (TPSA) is 87.3 Å². The molecule has 3 amide bonds. The molecule has 9 heteroatoms. The Labute approximate surface area is 240 Å². The maximum absolute atomic E-state index is 13.3. The van der Waals surface area contributed by atoms with E-state index in [9.17, 15) is 18.8 Å². The average molecular weight is 574 g/mol. The molecule has 0 radical (unpaired) electrons. The number of carbonyl (C=O) groups excluding carboxylic acids is 3. The Bertz CT molecular complexity index is 1550. The second-order valence-electron chi connectivity index (χ2n) is 8.64. The molecule has 4 aromatic rings. The van der Waals surface area contributed by atoms with Crippen LogP contribution in [0.15, 0.2) is 114 Å². The zero-order valence-electron chi connectivity index (χ0n) is 21.4. The van der Waals surface area contributed by atoms with Crippen molar-refractivity contribution < 1.29 is 18.8 Å². The van der Waals surface area contributed by atoms with Crippen molar-refractivity contribution >= 4 is 58.5 Å². The molecule has 4 rings (SSSR count). The van der Waals surface area contributed by atoms with Gasteiger partial charge in [-0.15, -0.1) is 11.8 Å². The number of hydrogen-bond acceptors (Lipinski definition) is 4. The molecule has 6 nitrogen and oxygen atoms in total. The van der Waals surface area contributed by atoms with Crippen molar-refractivity contribution in [2.75, 3.05) is 10.6 Å². The molecule has 0 aliphatic heterocycles. The van der Waals surface area contributed by atoms with Crippen molar-refractivity contribution in [3.05, 3.63) is 131 Å². The smallest absolute Gasteiger partial charge is 0.272 e. The third-order valence-corrected chi connectivity index (χ3v) is 7.06. The number of thioether (sulfide) groups is 1. The zero-order valence-corrected chi connectivity index (χ0v) is 22.9. The monoisotopic (exact) mass is 573 g/mol. The molecule has 0 aliphatic carbocycles. The van der Waals surface area contributed by atoms with E-state index in [0.29, 0.717) is 27.5 Å². The Balaban J connectivity index is 1.48. The van der Waals surface area contributed by atoms with Crippen molar-refractivity contribution in [1.29, 1.82) is 0 Å². The van der Waals surface area contributed by atoms with E-state index in [4.69, 9.17) is 11.6 Å². The molecule has 0 bridgehead atoms. The normalized spacial score (nSPS) is 11.8. The average Bonchev–Trinajstić information content (AvgIpc) is 2.95. The molecule has 1 atom stereocenters. The lowest BCUT2D eigenvalue weighted by Gasteiger charge is -2.14. The molecule has 202 valence electrons. The minimum absolute atomic E-state index is 0.00653. The van der Waals surface area contributed by atoms with E-state index in [2.05, 4.69) is 16.0 Å². The van der Waals surface area contributed by atoms with Gasteiger partial charge in [0.25, 0.3) is 11.8 Å². The summed E-state index contributed by atoms with van der Waals surface area (Å²) in [7, 11) is 0. The number of amides is 3. The summed E-state index contributed by atoms with van der Waals surface area (Å²) in [6, 6.07) is 28.1. The molecule has 0 aliphatic rings. The number of hydrogen-bond donors (Lipinski definition) is 3. The predicted molar refractivity (Wildman–Crippen MR) is 159 cm³/mol. The summed E-state index contributed by atoms with van der Waals surface area (Å²) >= 11 is 7.60. The standard InChI is InChI=1S/C31H25ClFN3O3S/c1-20(29(37)34-24-16-14-23(33)15-17-24)40-26-12-7-11-25(19-26)35-31(39)28(18-22-10-5-6-13-27(22)32)36-30(38)21-8-3-2-4-9-21/h2-20H,1H3,(H,34,37)(H,35,39)(H,36,38)/b28-18+. The van der Waals surface area contributed by atoms with Crippen LogP contribution in [-0.4, -0.2) is 23.0 Å². The lowest BCUT2D eigenvalue weighted by atomic mass is 10.1. The van der Waals surface area contributed by atoms with Gasteiger partial charge in [0.1, 0.15) is 11.5 Å². The van der Waals surface area contributed by atoms with E-state index >= 15 is 0 Å². The SMILES string of the molecule is CC(Sc1cccc(NC(=O)/C(=C\c2ccccc2Cl)NC(=O)c2ccccc2)c1)C(=O)Nc1ccc(F)cc1. The summed E-state index contributed by atoms with van der Waals surface area (Å²) in [6.45, 7) is 1.75. The van der Waals surface area contributed by atoms with E-state index in [-0.39, 0.29) is 17.4 Å². The summed E-state index contributed by atoms with van der Waals surface area (Å²) < 4.78 is 13.1. The summed E-state index contributed by atoms with van der Waals surface area (Å²) in [5.41, 5.74) is 1.93. The predicted octanol–water partition coefficient (Wildman–Crippen LogP) is 7.01. The van der Waals surface area contributed by atoms with Crippen LogP contribution in [0.4, 0.5) is 15.8 Å². The fourth-order valence-corrected chi connectivity index (χ4v) is 4.69. The molecular weight excluding hydrogens is 549 g/mol. The van der Waals surface area contributed by atoms with Crippen molar-refractivity contribution in [2.45, 2.75) is 17.1 Å².